The first-order valence-electron chi connectivity index (χ1n) is 19.9. The fourth-order valence-corrected chi connectivity index (χ4v) is 10.4. The van der Waals surface area contributed by atoms with Crippen molar-refractivity contribution in [2.45, 2.75) is 70.6 Å². The van der Waals surface area contributed by atoms with Crippen molar-refractivity contribution >= 4 is 79.4 Å². The van der Waals surface area contributed by atoms with Crippen LogP contribution in [0, 0.1) is 0 Å². The van der Waals surface area contributed by atoms with Gasteiger partial charge in [-0.15, -0.1) is 0 Å². The predicted molar refractivity (Wildman–Crippen MR) is 235 cm³/mol. The van der Waals surface area contributed by atoms with Gasteiger partial charge < -0.3 is 14.6 Å². The molecular weight excluding hydrogens is 667 g/mol. The van der Waals surface area contributed by atoms with Crippen molar-refractivity contribution in [3.05, 3.63) is 150 Å². The average molecular weight is 713 g/mol. The number of benzene rings is 7. The smallest absolute Gasteiger partial charge is 0.198 e. The molecule has 0 atom stereocenters. The first kappa shape index (κ1) is 32.7. The topological polar surface area (TPSA) is 28.4 Å². The highest BCUT2D eigenvalue weighted by Gasteiger charge is 2.42. The molecule has 0 saturated heterocycles. The summed E-state index contributed by atoms with van der Waals surface area (Å²) in [6, 6.07) is 47.4. The lowest BCUT2D eigenvalue weighted by atomic mass is 9.55. The molecule has 55 heavy (non-hydrogen) atoms. The van der Waals surface area contributed by atoms with Gasteiger partial charge in [0.1, 0.15) is 11.2 Å². The number of hydrogen-bond donors (Lipinski definition) is 1. The lowest BCUT2D eigenvalue weighted by Gasteiger charge is -2.46. The molecule has 0 spiro atoms. The molecule has 8 aromatic rings. The van der Waals surface area contributed by atoms with Gasteiger partial charge in [0.05, 0.1) is 11.4 Å². The Balaban J connectivity index is 1.21. The van der Waals surface area contributed by atoms with Crippen LogP contribution >= 0.6 is 0 Å². The van der Waals surface area contributed by atoms with E-state index in [0.29, 0.717) is 0 Å². The Morgan fingerprint density at radius 2 is 1.33 bits per heavy atom. The van der Waals surface area contributed by atoms with Gasteiger partial charge in [0.15, 0.2) is 7.28 Å². The maximum atomic E-state index is 6.95. The second-order valence-corrected chi connectivity index (χ2v) is 18.1. The van der Waals surface area contributed by atoms with Crippen molar-refractivity contribution in [1.82, 2.24) is 0 Å². The molecule has 0 amide bonds. The third-order valence-corrected chi connectivity index (χ3v) is 13.5. The Morgan fingerprint density at radius 3 is 2.18 bits per heavy atom. The molecule has 11 rings (SSSR count). The third-order valence-electron chi connectivity index (χ3n) is 13.5. The zero-order valence-electron chi connectivity index (χ0n) is 32.6. The molecule has 2 aliphatic heterocycles. The average Bonchev–Trinajstić information content (AvgIpc) is 3.57. The first-order valence-corrected chi connectivity index (χ1v) is 19.9. The molecule has 3 aliphatic rings. The van der Waals surface area contributed by atoms with E-state index in [1.807, 2.05) is 0 Å². The van der Waals surface area contributed by atoms with Gasteiger partial charge in [-0.25, -0.2) is 0 Å². The van der Waals surface area contributed by atoms with Gasteiger partial charge in [-0.2, -0.15) is 0 Å². The molecule has 3 nitrogen and oxygen atoms in total. The van der Waals surface area contributed by atoms with E-state index in [1.54, 1.807) is 0 Å². The van der Waals surface area contributed by atoms with Crippen LogP contribution in [0.1, 0.15) is 76.6 Å². The number of rotatable bonds is 3. The number of nitrogens with zero attached hydrogens (tertiary/aromatic N) is 1. The van der Waals surface area contributed by atoms with Crippen LogP contribution in [0.5, 0.6) is 0 Å². The zero-order chi connectivity index (χ0) is 37.4. The van der Waals surface area contributed by atoms with Crippen LogP contribution < -0.4 is 21.1 Å². The highest BCUT2D eigenvalue weighted by Crippen LogP contribution is 2.54. The number of hydrogen-bond acceptors (Lipinski definition) is 3. The van der Waals surface area contributed by atoms with Crippen LogP contribution in [0.15, 0.2) is 132 Å². The van der Waals surface area contributed by atoms with Crippen LogP contribution in [0.2, 0.25) is 0 Å². The van der Waals surface area contributed by atoms with Gasteiger partial charge in [0.2, 0.25) is 0 Å². The first-order chi connectivity index (χ1) is 26.5. The van der Waals surface area contributed by atoms with Gasteiger partial charge in [-0.3, -0.25) is 0 Å². The molecule has 0 bridgehead atoms. The van der Waals surface area contributed by atoms with Crippen LogP contribution in [0.25, 0.3) is 43.8 Å². The van der Waals surface area contributed by atoms with Gasteiger partial charge >= 0.3 is 0 Å². The maximum absolute atomic E-state index is 6.95. The summed E-state index contributed by atoms with van der Waals surface area (Å²) in [6.45, 7) is 14.4. The minimum absolute atomic E-state index is 0.108. The summed E-state index contributed by atoms with van der Waals surface area (Å²) in [7, 11) is 0.825. The van der Waals surface area contributed by atoms with Crippen molar-refractivity contribution in [3.63, 3.8) is 0 Å². The Hall–Kier alpha value is -5.74. The van der Waals surface area contributed by atoms with Crippen molar-refractivity contribution in [3.8, 4) is 11.1 Å². The molecule has 0 unspecified atom stereocenters. The summed E-state index contributed by atoms with van der Waals surface area (Å²) < 4.78 is 6.95. The molecule has 0 saturated carbocycles. The Morgan fingerprint density at radius 1 is 0.600 bits per heavy atom. The third kappa shape index (κ3) is 4.58. The molecule has 1 aliphatic carbocycles. The second-order valence-electron chi connectivity index (χ2n) is 18.1. The summed E-state index contributed by atoms with van der Waals surface area (Å²) in [5, 5.41) is 8.75. The quantitative estimate of drug-likeness (QED) is 0.185. The summed E-state index contributed by atoms with van der Waals surface area (Å²) in [6.07, 6.45) is 2.37. The van der Waals surface area contributed by atoms with Gasteiger partial charge in [-0.05, 0) is 105 Å². The maximum Gasteiger partial charge on any atom is 0.198 e. The molecule has 268 valence electrons. The lowest BCUT2D eigenvalue weighted by molar-refractivity contribution is 0.332. The van der Waals surface area contributed by atoms with E-state index in [9.17, 15) is 0 Å². The summed E-state index contributed by atoms with van der Waals surface area (Å²) in [4.78, 5) is 2.59. The minimum Gasteiger partial charge on any atom is -0.455 e. The zero-order valence-corrected chi connectivity index (χ0v) is 32.6. The number of nitrogens with one attached hydrogen (secondary N) is 1. The van der Waals surface area contributed by atoms with Gasteiger partial charge in [0, 0.05) is 44.2 Å². The number of para-hydroxylation sites is 3. The summed E-state index contributed by atoms with van der Waals surface area (Å²) >= 11 is 0. The van der Waals surface area contributed by atoms with Crippen molar-refractivity contribution in [1.29, 1.82) is 0 Å². The van der Waals surface area contributed by atoms with Crippen LogP contribution in [-0.2, 0) is 16.2 Å². The van der Waals surface area contributed by atoms with E-state index in [2.05, 4.69) is 179 Å². The Bertz CT molecular complexity index is 2930. The van der Waals surface area contributed by atoms with Crippen LogP contribution in [0.4, 0.5) is 28.4 Å². The fourth-order valence-electron chi connectivity index (χ4n) is 10.4. The van der Waals surface area contributed by atoms with Crippen molar-refractivity contribution in [2.24, 2.45) is 0 Å². The predicted octanol–water partition coefficient (Wildman–Crippen LogP) is 12.3. The summed E-state index contributed by atoms with van der Waals surface area (Å²) in [5.74, 6) is 0. The Labute approximate surface area is 324 Å². The molecule has 3 heterocycles. The molecule has 7 aromatic carbocycles. The fraction of sp³-hybridized carbons (Fsp3) is 0.216. The molecule has 1 aromatic heterocycles. The van der Waals surface area contributed by atoms with E-state index in [1.165, 1.54) is 79.4 Å². The monoisotopic (exact) mass is 712 g/mol. The van der Waals surface area contributed by atoms with E-state index in [0.717, 1.165) is 46.2 Å². The number of fused-ring (bicyclic) bond motifs is 10. The van der Waals surface area contributed by atoms with E-state index in [-0.39, 0.29) is 16.2 Å². The highest BCUT2D eigenvalue weighted by atomic mass is 16.3. The molecule has 1 N–H and O–H groups in total. The Kier molecular flexibility index (Phi) is 6.63. The minimum atomic E-state index is -0.126. The molecular formula is C51H45BN2O. The molecule has 0 radical (unpaired) electrons. The number of furan rings is 1. The van der Waals surface area contributed by atoms with Crippen LogP contribution in [-0.4, -0.2) is 7.28 Å². The molecule has 0 fully saturated rings. The summed E-state index contributed by atoms with van der Waals surface area (Å²) in [5.41, 5.74) is 18.6. The standard InChI is InChI=1S/C51H45BN2O/c1-49(2)26-27-50(3,4)39-29-31(22-24-36(39)49)53-41-25-23-34-33-16-9-12-21-43(33)55-48(34)44(41)35-28-30-14-7-8-15-32(30)46-45(35)52-40-19-13-18-38-47(40)54(46)42-20-11-10-17-37(42)51(38,5)6/h7-25,28-29,52-53H,26-27H2,1-6H3. The second kappa shape index (κ2) is 11.2. The van der Waals surface area contributed by atoms with E-state index >= 15 is 0 Å². The van der Waals surface area contributed by atoms with Gasteiger partial charge in [-0.1, -0.05) is 132 Å². The van der Waals surface area contributed by atoms with Gasteiger partial charge in [0.25, 0.3) is 0 Å². The number of anilines is 5. The van der Waals surface area contributed by atoms with E-state index in [4.69, 9.17) is 4.42 Å². The molecule has 4 heteroatoms. The normalized spacial score (nSPS) is 16.9. The largest absolute Gasteiger partial charge is 0.455 e. The van der Waals surface area contributed by atoms with Crippen molar-refractivity contribution < 1.29 is 4.42 Å². The van der Waals surface area contributed by atoms with Crippen molar-refractivity contribution in [2.75, 3.05) is 10.2 Å². The van der Waals surface area contributed by atoms with Crippen LogP contribution in [0.3, 0.4) is 0 Å². The SMILES string of the molecule is CC1(C)CCC(C)(C)c2cc(Nc3ccc4c(oc5ccccc54)c3-c3cc4ccccc4c4c3Bc3cccc5c3N4c3ccccc3C5(C)C)ccc21. The van der Waals surface area contributed by atoms with E-state index < -0.39 is 0 Å². The lowest BCUT2D eigenvalue weighted by Crippen LogP contribution is -2.45. The highest BCUT2D eigenvalue weighted by molar-refractivity contribution is 6.74.